The van der Waals surface area contributed by atoms with Crippen LogP contribution in [0.3, 0.4) is 0 Å². The van der Waals surface area contributed by atoms with E-state index in [1.165, 1.54) is 0 Å². The van der Waals surface area contributed by atoms with Crippen LogP contribution in [-0.4, -0.2) is 18.0 Å². The van der Waals surface area contributed by atoms with Gasteiger partial charge in [0, 0.05) is 0 Å². The van der Waals surface area contributed by atoms with Crippen LogP contribution in [0.25, 0.3) is 0 Å². The van der Waals surface area contributed by atoms with Crippen LogP contribution in [0.5, 0.6) is 0 Å². The van der Waals surface area contributed by atoms with Crippen molar-refractivity contribution in [1.29, 1.82) is 0 Å². The fourth-order valence-corrected chi connectivity index (χ4v) is 0. The molecular formula is AsLi3. The smallest absolute Gasteiger partial charge is 1.00 e. The Morgan fingerprint density at radius 2 is 0.500 bits per heavy atom. The van der Waals surface area contributed by atoms with Crippen LogP contribution in [0.2, 0.25) is 0 Å². The van der Waals surface area contributed by atoms with Gasteiger partial charge < -0.3 is 18.0 Å². The van der Waals surface area contributed by atoms with Gasteiger partial charge in [-0.2, -0.15) is 0 Å². The first-order valence-electron chi connectivity index (χ1n) is 0. The maximum atomic E-state index is 0. The molecule has 0 aromatic rings. The van der Waals surface area contributed by atoms with Crippen molar-refractivity contribution in [2.24, 2.45) is 0 Å². The third kappa shape index (κ3) is 8.84. The van der Waals surface area contributed by atoms with Gasteiger partial charge in [0.1, 0.15) is 0 Å². The van der Waals surface area contributed by atoms with Crippen molar-refractivity contribution in [2.75, 3.05) is 0 Å². The van der Waals surface area contributed by atoms with Gasteiger partial charge in [-0.1, -0.05) is 0 Å². The molecule has 0 saturated carbocycles. The maximum absolute atomic E-state index is 0. The first kappa shape index (κ1) is 32.9. The summed E-state index contributed by atoms with van der Waals surface area (Å²) in [6.45, 7) is 0. The third-order valence-electron chi connectivity index (χ3n) is 0. The normalized spacial score (nSPS) is 0. The summed E-state index contributed by atoms with van der Waals surface area (Å²) >= 11 is 0. The molecule has 4 heavy (non-hydrogen) atoms. The largest absolute Gasteiger partial charge is 3.00 e. The monoisotopic (exact) mass is 96.0 g/mol. The van der Waals surface area contributed by atoms with Gasteiger partial charge in [0.2, 0.25) is 0 Å². The van der Waals surface area contributed by atoms with E-state index in [2.05, 4.69) is 0 Å². The standard InChI is InChI=1S/As.3Li/q-3;3*+1. The Morgan fingerprint density at radius 3 is 0.500 bits per heavy atom. The van der Waals surface area contributed by atoms with E-state index in [9.17, 15) is 0 Å². The molecule has 0 aliphatic heterocycles. The summed E-state index contributed by atoms with van der Waals surface area (Å²) in [5, 5.41) is 0. The molecule has 0 aromatic carbocycles. The predicted molar refractivity (Wildman–Crippen MR) is 5.75 cm³/mol. The van der Waals surface area contributed by atoms with Gasteiger partial charge in [-0.25, -0.2) is 0 Å². The van der Waals surface area contributed by atoms with Crippen molar-refractivity contribution in [3.05, 3.63) is 0 Å². The van der Waals surface area contributed by atoms with Gasteiger partial charge in [0.25, 0.3) is 0 Å². The zero-order valence-corrected chi connectivity index (χ0v) is 5.32. The Kier molecular flexibility index (Phi) is 151. The second-order valence-electron chi connectivity index (χ2n) is 0. The molecule has 0 N–H and O–H groups in total. The van der Waals surface area contributed by atoms with Crippen molar-refractivity contribution in [3.8, 4) is 0 Å². The van der Waals surface area contributed by atoms with Gasteiger partial charge in [0.15, 0.2) is 0 Å². The fraction of sp³-hybridized carbons (Fsp3) is 0. The van der Waals surface area contributed by atoms with Crippen molar-refractivity contribution in [2.45, 2.75) is 0 Å². The van der Waals surface area contributed by atoms with E-state index < -0.39 is 0 Å². The van der Waals surface area contributed by atoms with E-state index in [1.54, 1.807) is 0 Å². The first-order valence-corrected chi connectivity index (χ1v) is 0. The quantitative estimate of drug-likeness (QED) is 0.262. The van der Waals surface area contributed by atoms with Crippen LogP contribution >= 0.6 is 0 Å². The molecule has 0 fully saturated rings. The van der Waals surface area contributed by atoms with E-state index in [0.717, 1.165) is 0 Å². The van der Waals surface area contributed by atoms with E-state index in [4.69, 9.17) is 0 Å². The summed E-state index contributed by atoms with van der Waals surface area (Å²) in [7, 11) is 0. The summed E-state index contributed by atoms with van der Waals surface area (Å²) in [6.07, 6.45) is 0. The van der Waals surface area contributed by atoms with Crippen LogP contribution in [0.15, 0.2) is 0 Å². The van der Waals surface area contributed by atoms with Crippen molar-refractivity contribution in [1.82, 2.24) is 0 Å². The van der Waals surface area contributed by atoms with Crippen molar-refractivity contribution < 1.29 is 56.6 Å². The summed E-state index contributed by atoms with van der Waals surface area (Å²) in [5.74, 6) is 0. The molecule has 8 valence electrons. The minimum atomic E-state index is 0. The van der Waals surface area contributed by atoms with Crippen molar-refractivity contribution >= 4 is 18.0 Å². The average Bonchev–Trinajstić information content (AvgIpc) is 0. The fourth-order valence-electron chi connectivity index (χ4n) is 0. The molecule has 4 heteroatoms. The van der Waals surface area contributed by atoms with E-state index in [0.29, 0.717) is 0 Å². The predicted octanol–water partition coefficient (Wildman–Crippen LogP) is -9.37. The van der Waals surface area contributed by atoms with Gasteiger partial charge in [-0.15, -0.1) is 0 Å². The Bertz CT molecular complexity index is 3.25. The van der Waals surface area contributed by atoms with E-state index >= 15 is 0 Å². The van der Waals surface area contributed by atoms with E-state index in [-0.39, 0.29) is 74.5 Å². The van der Waals surface area contributed by atoms with Gasteiger partial charge in [-0.05, 0) is 0 Å². The second kappa shape index (κ2) is 18.3. The zero-order chi connectivity index (χ0) is 0. The topological polar surface area (TPSA) is 0 Å². The number of rotatable bonds is 0. The maximum Gasteiger partial charge on any atom is 1.00 e. The molecule has 0 aliphatic carbocycles. The Balaban J connectivity index is 0. The van der Waals surface area contributed by atoms with Crippen LogP contribution in [-0.2, 0) is 0 Å². The van der Waals surface area contributed by atoms with Crippen LogP contribution in [0.1, 0.15) is 0 Å². The molecule has 0 rings (SSSR count). The molecule has 0 nitrogen and oxygen atoms in total. The van der Waals surface area contributed by atoms with E-state index in [1.807, 2.05) is 0 Å². The second-order valence-corrected chi connectivity index (χ2v) is 0. The average molecular weight is 95.7 g/mol. The van der Waals surface area contributed by atoms with Crippen LogP contribution in [0, 0.1) is 0 Å². The number of hydrogen-bond donors (Lipinski definition) is 0. The molecule has 0 unspecified atom stereocenters. The molecule has 0 aliphatic rings. The minimum Gasteiger partial charge on any atom is -3.00 e. The molecule has 0 amide bonds. The summed E-state index contributed by atoms with van der Waals surface area (Å²) in [4.78, 5) is 0. The zero-order valence-electron chi connectivity index (χ0n) is 3.45. The summed E-state index contributed by atoms with van der Waals surface area (Å²) in [5.41, 5.74) is 0. The van der Waals surface area contributed by atoms with Crippen molar-refractivity contribution in [3.63, 3.8) is 0 Å². The molecule has 0 saturated heterocycles. The summed E-state index contributed by atoms with van der Waals surface area (Å²) < 4.78 is 0. The molecular weight excluding hydrogens is 95.7 g/mol. The molecule has 0 radical (unpaired) electrons. The van der Waals surface area contributed by atoms with Gasteiger partial charge in [0.05, 0.1) is 0 Å². The van der Waals surface area contributed by atoms with Crippen LogP contribution in [0.4, 0.5) is 0 Å². The molecule has 0 aromatic heterocycles. The van der Waals surface area contributed by atoms with Gasteiger partial charge >= 0.3 is 56.6 Å². The Labute approximate surface area is 73.7 Å². The third-order valence-corrected chi connectivity index (χ3v) is 0. The minimum absolute atomic E-state index is 0. The number of hydrogen-bond acceptors (Lipinski definition) is 0. The molecule has 0 heterocycles. The van der Waals surface area contributed by atoms with Gasteiger partial charge in [-0.3, -0.25) is 0 Å². The Morgan fingerprint density at radius 1 is 0.500 bits per heavy atom. The van der Waals surface area contributed by atoms with Crippen LogP contribution < -0.4 is 56.6 Å². The molecule has 0 spiro atoms. The first-order chi connectivity index (χ1) is 0. The molecule has 0 bridgehead atoms. The molecule has 0 atom stereocenters. The summed E-state index contributed by atoms with van der Waals surface area (Å²) in [6, 6.07) is 0. The Hall–Kier alpha value is 2.35. The SMILES string of the molecule is [As-3].[Li+].[Li+].[Li+].